The Balaban J connectivity index is 1.98. The third-order valence-electron chi connectivity index (χ3n) is 6.40. The summed E-state index contributed by atoms with van der Waals surface area (Å²) in [4.78, 5) is 12.1. The zero-order valence-corrected chi connectivity index (χ0v) is 22.3. The topological polar surface area (TPSA) is 75.3 Å². The molecular weight excluding hydrogens is 420 g/mol. The molecule has 194 valence electrons. The zero-order chi connectivity index (χ0) is 25.1. The SMILES string of the molecule is CCCCCC[C@@H](O)C/C=C\CCCCCCCC(=O)NCCCc1ccccc1C(C)(C)N. The lowest BCUT2D eigenvalue weighted by molar-refractivity contribution is -0.121. The van der Waals surface area contributed by atoms with E-state index >= 15 is 0 Å². The summed E-state index contributed by atoms with van der Waals surface area (Å²) in [5.41, 5.74) is 8.40. The van der Waals surface area contributed by atoms with Crippen molar-refractivity contribution in [1.82, 2.24) is 5.32 Å². The molecule has 4 N–H and O–H groups in total. The Morgan fingerprint density at radius 3 is 2.47 bits per heavy atom. The van der Waals surface area contributed by atoms with E-state index in [9.17, 15) is 9.90 Å². The van der Waals surface area contributed by atoms with Crippen LogP contribution in [0, 0.1) is 0 Å². The molecule has 0 spiro atoms. The highest BCUT2D eigenvalue weighted by Gasteiger charge is 2.17. The van der Waals surface area contributed by atoms with Crippen LogP contribution >= 0.6 is 0 Å². The molecule has 0 aromatic heterocycles. The molecule has 4 heteroatoms. The van der Waals surface area contributed by atoms with E-state index in [0.717, 1.165) is 57.9 Å². The first-order valence-corrected chi connectivity index (χ1v) is 13.8. The van der Waals surface area contributed by atoms with Gasteiger partial charge in [-0.2, -0.15) is 0 Å². The van der Waals surface area contributed by atoms with Gasteiger partial charge in [0, 0.05) is 18.5 Å². The summed E-state index contributed by atoms with van der Waals surface area (Å²) in [6, 6.07) is 8.33. The molecule has 1 aromatic rings. The fourth-order valence-corrected chi connectivity index (χ4v) is 4.34. The van der Waals surface area contributed by atoms with E-state index in [-0.39, 0.29) is 17.6 Å². The van der Waals surface area contributed by atoms with Crippen LogP contribution in [0.4, 0.5) is 0 Å². The van der Waals surface area contributed by atoms with Crippen LogP contribution in [0.2, 0.25) is 0 Å². The van der Waals surface area contributed by atoms with E-state index in [0.29, 0.717) is 6.42 Å². The van der Waals surface area contributed by atoms with Crippen molar-refractivity contribution in [3.8, 4) is 0 Å². The number of benzene rings is 1. The molecule has 0 fully saturated rings. The molecule has 1 atom stereocenters. The molecule has 0 aliphatic heterocycles. The number of carbonyl (C=O) groups is 1. The smallest absolute Gasteiger partial charge is 0.219 e. The van der Waals surface area contributed by atoms with Gasteiger partial charge in [-0.3, -0.25) is 4.79 Å². The zero-order valence-electron chi connectivity index (χ0n) is 22.3. The number of unbranched alkanes of at least 4 members (excludes halogenated alkanes) is 8. The summed E-state index contributed by atoms with van der Waals surface area (Å²) in [6.07, 6.45) is 20.1. The van der Waals surface area contributed by atoms with Crippen molar-refractivity contribution in [3.05, 3.63) is 47.5 Å². The number of hydrogen-bond acceptors (Lipinski definition) is 3. The van der Waals surface area contributed by atoms with Gasteiger partial charge in [0.1, 0.15) is 0 Å². The number of aliphatic hydroxyl groups is 1. The van der Waals surface area contributed by atoms with E-state index < -0.39 is 0 Å². The van der Waals surface area contributed by atoms with Crippen molar-refractivity contribution < 1.29 is 9.90 Å². The molecule has 1 amide bonds. The molecule has 0 aliphatic rings. The maximum Gasteiger partial charge on any atom is 0.219 e. The van der Waals surface area contributed by atoms with Crippen molar-refractivity contribution in [3.63, 3.8) is 0 Å². The number of nitrogens with two attached hydrogens (primary N) is 1. The van der Waals surface area contributed by atoms with Crippen molar-refractivity contribution in [2.75, 3.05) is 6.54 Å². The van der Waals surface area contributed by atoms with Crippen molar-refractivity contribution in [2.45, 2.75) is 129 Å². The molecule has 4 nitrogen and oxygen atoms in total. The Morgan fingerprint density at radius 2 is 1.71 bits per heavy atom. The Bertz CT molecular complexity index is 679. The quantitative estimate of drug-likeness (QED) is 0.142. The standard InChI is InChI=1S/C30H52N2O2/c1-4-5-6-13-21-27(33)22-14-11-9-7-8-10-12-15-24-29(34)32-25-18-20-26-19-16-17-23-28(26)30(2,3)31/h11,14,16-17,19,23,27,33H,4-10,12-13,15,18,20-22,24-25,31H2,1-3H3,(H,32,34)/b14-11-/t27-/m1/s1. The van der Waals surface area contributed by atoms with Gasteiger partial charge >= 0.3 is 0 Å². The van der Waals surface area contributed by atoms with Crippen LogP contribution < -0.4 is 11.1 Å². The number of carbonyl (C=O) groups excluding carboxylic acids is 1. The number of hydrogen-bond donors (Lipinski definition) is 3. The number of nitrogens with one attached hydrogen (secondary N) is 1. The first kappa shape index (κ1) is 30.4. The molecule has 34 heavy (non-hydrogen) atoms. The molecular formula is C30H52N2O2. The molecule has 0 bridgehead atoms. The summed E-state index contributed by atoms with van der Waals surface area (Å²) in [6.45, 7) is 7.00. The van der Waals surface area contributed by atoms with Crippen LogP contribution in [0.15, 0.2) is 36.4 Å². The van der Waals surface area contributed by atoms with E-state index in [1.807, 2.05) is 19.9 Å². The number of allylic oxidation sites excluding steroid dienone is 1. The summed E-state index contributed by atoms with van der Waals surface area (Å²) < 4.78 is 0. The predicted octanol–water partition coefficient (Wildman–Crippen LogP) is 6.94. The summed E-state index contributed by atoms with van der Waals surface area (Å²) in [7, 11) is 0. The Hall–Kier alpha value is -1.65. The van der Waals surface area contributed by atoms with Gasteiger partial charge in [0.25, 0.3) is 0 Å². The van der Waals surface area contributed by atoms with Gasteiger partial charge in [0.2, 0.25) is 5.91 Å². The third kappa shape index (κ3) is 15.3. The van der Waals surface area contributed by atoms with Gasteiger partial charge in [-0.15, -0.1) is 0 Å². The van der Waals surface area contributed by atoms with E-state index in [4.69, 9.17) is 5.73 Å². The minimum Gasteiger partial charge on any atom is -0.393 e. The lowest BCUT2D eigenvalue weighted by Gasteiger charge is -2.23. The van der Waals surface area contributed by atoms with Crippen LogP contribution in [0.25, 0.3) is 0 Å². The molecule has 0 aliphatic carbocycles. The van der Waals surface area contributed by atoms with Crippen molar-refractivity contribution >= 4 is 5.91 Å². The minimum atomic E-state index is -0.341. The van der Waals surface area contributed by atoms with E-state index in [1.54, 1.807) is 0 Å². The first-order valence-electron chi connectivity index (χ1n) is 13.8. The van der Waals surface area contributed by atoms with E-state index in [2.05, 4.69) is 42.6 Å². The summed E-state index contributed by atoms with van der Waals surface area (Å²) >= 11 is 0. The Morgan fingerprint density at radius 1 is 1.00 bits per heavy atom. The third-order valence-corrected chi connectivity index (χ3v) is 6.40. The van der Waals surface area contributed by atoms with Gasteiger partial charge in [-0.25, -0.2) is 0 Å². The Labute approximate surface area is 209 Å². The molecule has 1 rings (SSSR count). The molecule has 0 radical (unpaired) electrons. The number of aliphatic hydroxyl groups excluding tert-OH is 1. The molecule has 0 saturated carbocycles. The average Bonchev–Trinajstić information content (AvgIpc) is 2.80. The first-order chi connectivity index (χ1) is 16.3. The van der Waals surface area contributed by atoms with Crippen LogP contribution in [0.5, 0.6) is 0 Å². The molecule has 0 heterocycles. The monoisotopic (exact) mass is 472 g/mol. The number of aryl methyl sites for hydroxylation is 1. The maximum absolute atomic E-state index is 12.1. The van der Waals surface area contributed by atoms with Crippen LogP contribution in [-0.4, -0.2) is 23.7 Å². The van der Waals surface area contributed by atoms with Gasteiger partial charge in [0.05, 0.1) is 6.10 Å². The molecule has 0 unspecified atom stereocenters. The lowest BCUT2D eigenvalue weighted by atomic mass is 9.89. The minimum absolute atomic E-state index is 0.170. The average molecular weight is 473 g/mol. The lowest BCUT2D eigenvalue weighted by Crippen LogP contribution is -2.30. The second kappa shape index (κ2) is 18.6. The normalized spacial score (nSPS) is 12.9. The van der Waals surface area contributed by atoms with E-state index in [1.165, 1.54) is 49.7 Å². The highest BCUT2D eigenvalue weighted by Crippen LogP contribution is 2.22. The van der Waals surface area contributed by atoms with Gasteiger partial charge in [0.15, 0.2) is 0 Å². The van der Waals surface area contributed by atoms with Gasteiger partial charge < -0.3 is 16.2 Å². The molecule has 0 saturated heterocycles. The fraction of sp³-hybridized carbons (Fsp3) is 0.700. The van der Waals surface area contributed by atoms with Crippen molar-refractivity contribution in [2.24, 2.45) is 5.73 Å². The van der Waals surface area contributed by atoms with Crippen LogP contribution in [0.3, 0.4) is 0 Å². The van der Waals surface area contributed by atoms with Gasteiger partial charge in [-0.05, 0) is 69.9 Å². The van der Waals surface area contributed by atoms with Crippen molar-refractivity contribution in [1.29, 1.82) is 0 Å². The second-order valence-corrected chi connectivity index (χ2v) is 10.3. The van der Waals surface area contributed by atoms with Gasteiger partial charge in [-0.1, -0.05) is 88.3 Å². The largest absolute Gasteiger partial charge is 0.393 e. The predicted molar refractivity (Wildman–Crippen MR) is 146 cm³/mol. The molecule has 1 aromatic carbocycles. The van der Waals surface area contributed by atoms with Crippen LogP contribution in [-0.2, 0) is 16.8 Å². The fourth-order valence-electron chi connectivity index (χ4n) is 4.34. The Kier molecular flexibility index (Phi) is 16.7. The highest BCUT2D eigenvalue weighted by molar-refractivity contribution is 5.75. The summed E-state index contributed by atoms with van der Waals surface area (Å²) in [5, 5.41) is 13.0. The van der Waals surface area contributed by atoms with Crippen LogP contribution in [0.1, 0.15) is 122 Å². The highest BCUT2D eigenvalue weighted by atomic mass is 16.3. The number of rotatable bonds is 20. The number of amides is 1. The summed E-state index contributed by atoms with van der Waals surface area (Å²) in [5.74, 6) is 0.170. The second-order valence-electron chi connectivity index (χ2n) is 10.3. The maximum atomic E-state index is 12.1.